The van der Waals surface area contributed by atoms with E-state index in [1.807, 2.05) is 7.05 Å². The lowest BCUT2D eigenvalue weighted by Crippen LogP contribution is -2.38. The van der Waals surface area contributed by atoms with Crippen LogP contribution in [0.3, 0.4) is 0 Å². The second-order valence-electron chi connectivity index (χ2n) is 8.06. The van der Waals surface area contributed by atoms with Crippen LogP contribution in [0.15, 0.2) is 23.2 Å². The molecule has 1 atom stereocenters. The van der Waals surface area contributed by atoms with E-state index in [2.05, 4.69) is 52.6 Å². The van der Waals surface area contributed by atoms with Crippen molar-refractivity contribution in [2.24, 2.45) is 10.9 Å². The number of piperidine rings is 1. The van der Waals surface area contributed by atoms with Crippen molar-refractivity contribution in [2.45, 2.75) is 46.1 Å². The highest BCUT2D eigenvalue weighted by Gasteiger charge is 2.15. The topological polar surface area (TPSA) is 58.1 Å². The summed E-state index contributed by atoms with van der Waals surface area (Å²) in [6.45, 7) is 10.9. The minimum Gasteiger partial charge on any atom is -0.491 e. The highest BCUT2D eigenvalue weighted by atomic mass is 127. The summed E-state index contributed by atoms with van der Waals surface area (Å²) in [5.74, 6) is 2.59. The Kier molecular flexibility index (Phi) is 14.1. The van der Waals surface area contributed by atoms with Crippen LogP contribution in [-0.4, -0.2) is 64.4 Å². The standard InChI is InChI=1S/C23H40N4O2.HI/c1-19-9-10-21(22(16-19)29-15-14-28-4)17-26-23(24-3)25-11-5-6-12-27-13-7-8-20(2)18-27;/h9-10,16,20H,5-8,11-15,17-18H2,1-4H3,(H2,24,25,26);1H. The number of aryl methyl sites for hydroxylation is 1. The molecule has 6 nitrogen and oxygen atoms in total. The third-order valence-corrected chi connectivity index (χ3v) is 5.37. The van der Waals surface area contributed by atoms with Crippen LogP contribution in [0, 0.1) is 12.8 Å². The molecule has 0 aromatic heterocycles. The molecule has 0 saturated carbocycles. The number of unbranched alkanes of at least 4 members (excludes halogenated alkanes) is 1. The largest absolute Gasteiger partial charge is 0.491 e. The molecule has 1 heterocycles. The Hall–Kier alpha value is -1.06. The van der Waals surface area contributed by atoms with Crippen LogP contribution < -0.4 is 15.4 Å². The average molecular weight is 533 g/mol. The number of aliphatic imine (C=N–C) groups is 1. The maximum absolute atomic E-state index is 5.87. The lowest BCUT2D eigenvalue weighted by molar-refractivity contribution is 0.145. The van der Waals surface area contributed by atoms with Gasteiger partial charge < -0.3 is 25.0 Å². The van der Waals surface area contributed by atoms with Gasteiger partial charge in [0.25, 0.3) is 0 Å². The van der Waals surface area contributed by atoms with Gasteiger partial charge in [-0.15, -0.1) is 24.0 Å². The Labute approximate surface area is 200 Å². The Bertz CT molecular complexity index is 627. The van der Waals surface area contributed by atoms with E-state index in [1.54, 1.807) is 7.11 Å². The van der Waals surface area contributed by atoms with Gasteiger partial charge in [0.1, 0.15) is 12.4 Å². The van der Waals surface area contributed by atoms with Gasteiger partial charge in [0, 0.05) is 39.4 Å². The van der Waals surface area contributed by atoms with Gasteiger partial charge in [-0.1, -0.05) is 19.1 Å². The van der Waals surface area contributed by atoms with Gasteiger partial charge in [0.15, 0.2) is 5.96 Å². The van der Waals surface area contributed by atoms with Gasteiger partial charge in [-0.2, -0.15) is 0 Å². The lowest BCUT2D eigenvalue weighted by atomic mass is 10.0. The summed E-state index contributed by atoms with van der Waals surface area (Å²) in [4.78, 5) is 6.96. The molecule has 2 rings (SSSR count). The zero-order valence-corrected chi connectivity index (χ0v) is 21.5. The van der Waals surface area contributed by atoms with Crippen molar-refractivity contribution in [1.29, 1.82) is 0 Å². The number of methoxy groups -OCH3 is 1. The van der Waals surface area contributed by atoms with Gasteiger partial charge in [-0.05, 0) is 63.2 Å². The van der Waals surface area contributed by atoms with E-state index < -0.39 is 0 Å². The molecule has 0 bridgehead atoms. The summed E-state index contributed by atoms with van der Waals surface area (Å²) in [6.07, 6.45) is 5.12. The summed E-state index contributed by atoms with van der Waals surface area (Å²) >= 11 is 0. The fourth-order valence-corrected chi connectivity index (χ4v) is 3.73. The number of guanidine groups is 1. The molecule has 1 aromatic carbocycles. The lowest BCUT2D eigenvalue weighted by Gasteiger charge is -2.30. The van der Waals surface area contributed by atoms with E-state index >= 15 is 0 Å². The zero-order chi connectivity index (χ0) is 20.9. The molecule has 1 aromatic rings. The number of benzene rings is 1. The molecule has 1 aliphatic heterocycles. The normalized spacial score (nSPS) is 17.3. The molecule has 0 amide bonds. The van der Waals surface area contributed by atoms with E-state index in [0.717, 1.165) is 36.2 Å². The molecule has 1 fully saturated rings. The fraction of sp³-hybridized carbons (Fsp3) is 0.696. The summed E-state index contributed by atoms with van der Waals surface area (Å²) in [6, 6.07) is 6.29. The summed E-state index contributed by atoms with van der Waals surface area (Å²) in [5, 5.41) is 6.83. The second kappa shape index (κ2) is 15.7. The van der Waals surface area contributed by atoms with Crippen LogP contribution in [0.1, 0.15) is 43.7 Å². The molecule has 0 radical (unpaired) electrons. The zero-order valence-electron chi connectivity index (χ0n) is 19.2. The second-order valence-corrected chi connectivity index (χ2v) is 8.06. The molecule has 30 heavy (non-hydrogen) atoms. The number of ether oxygens (including phenoxy) is 2. The first-order valence-electron chi connectivity index (χ1n) is 11.0. The van der Waals surface area contributed by atoms with Crippen molar-refractivity contribution >= 4 is 29.9 Å². The molecular weight excluding hydrogens is 491 g/mol. The number of likely N-dealkylation sites (tertiary alicyclic amines) is 1. The predicted molar refractivity (Wildman–Crippen MR) is 136 cm³/mol. The first-order valence-corrected chi connectivity index (χ1v) is 11.0. The van der Waals surface area contributed by atoms with Crippen molar-refractivity contribution < 1.29 is 9.47 Å². The number of halogens is 1. The van der Waals surface area contributed by atoms with Crippen molar-refractivity contribution in [3.05, 3.63) is 29.3 Å². The smallest absolute Gasteiger partial charge is 0.191 e. The van der Waals surface area contributed by atoms with Crippen LogP contribution in [0.2, 0.25) is 0 Å². The van der Waals surface area contributed by atoms with Crippen LogP contribution in [0.25, 0.3) is 0 Å². The SMILES string of the molecule is CN=C(NCCCCN1CCCC(C)C1)NCc1ccc(C)cc1OCCOC.I. The van der Waals surface area contributed by atoms with Crippen molar-refractivity contribution in [2.75, 3.05) is 53.6 Å². The van der Waals surface area contributed by atoms with E-state index in [9.17, 15) is 0 Å². The fourth-order valence-electron chi connectivity index (χ4n) is 3.73. The molecule has 0 aliphatic carbocycles. The molecular formula is C23H41IN4O2. The molecule has 1 saturated heterocycles. The van der Waals surface area contributed by atoms with Crippen molar-refractivity contribution in [3.63, 3.8) is 0 Å². The highest BCUT2D eigenvalue weighted by molar-refractivity contribution is 14.0. The molecule has 7 heteroatoms. The van der Waals surface area contributed by atoms with Gasteiger partial charge in [0.2, 0.25) is 0 Å². The van der Waals surface area contributed by atoms with Crippen LogP contribution in [-0.2, 0) is 11.3 Å². The molecule has 1 aliphatic rings. The summed E-state index contributed by atoms with van der Waals surface area (Å²) in [7, 11) is 3.50. The molecule has 172 valence electrons. The van der Waals surface area contributed by atoms with Gasteiger partial charge >= 0.3 is 0 Å². The minimum atomic E-state index is 0. The summed E-state index contributed by atoms with van der Waals surface area (Å²) in [5.41, 5.74) is 2.31. The Morgan fingerprint density at radius 1 is 1.23 bits per heavy atom. The monoisotopic (exact) mass is 532 g/mol. The Balaban J connectivity index is 0.00000450. The number of hydrogen-bond donors (Lipinski definition) is 2. The number of rotatable bonds is 11. The van der Waals surface area contributed by atoms with E-state index in [1.165, 1.54) is 44.5 Å². The Morgan fingerprint density at radius 2 is 2.07 bits per heavy atom. The number of nitrogens with one attached hydrogen (secondary N) is 2. The van der Waals surface area contributed by atoms with Crippen molar-refractivity contribution in [3.8, 4) is 5.75 Å². The van der Waals surface area contributed by atoms with Crippen LogP contribution in [0.5, 0.6) is 5.75 Å². The van der Waals surface area contributed by atoms with Crippen LogP contribution in [0.4, 0.5) is 0 Å². The average Bonchev–Trinajstić information content (AvgIpc) is 2.71. The number of hydrogen-bond acceptors (Lipinski definition) is 4. The first-order chi connectivity index (χ1) is 14.1. The highest BCUT2D eigenvalue weighted by Crippen LogP contribution is 2.20. The maximum atomic E-state index is 5.87. The number of nitrogens with zero attached hydrogens (tertiary/aromatic N) is 2. The third kappa shape index (κ3) is 10.3. The van der Waals surface area contributed by atoms with E-state index in [0.29, 0.717) is 19.8 Å². The van der Waals surface area contributed by atoms with Crippen molar-refractivity contribution in [1.82, 2.24) is 15.5 Å². The minimum absolute atomic E-state index is 0. The predicted octanol–water partition coefficient (Wildman–Crippen LogP) is 3.82. The quantitative estimate of drug-likeness (QED) is 0.197. The molecule has 2 N–H and O–H groups in total. The Morgan fingerprint density at radius 3 is 2.80 bits per heavy atom. The van der Waals surface area contributed by atoms with Crippen LogP contribution >= 0.6 is 24.0 Å². The summed E-state index contributed by atoms with van der Waals surface area (Å²) < 4.78 is 11.0. The molecule has 0 spiro atoms. The van der Waals surface area contributed by atoms with E-state index in [-0.39, 0.29) is 24.0 Å². The third-order valence-electron chi connectivity index (χ3n) is 5.37. The molecule has 1 unspecified atom stereocenters. The maximum Gasteiger partial charge on any atom is 0.191 e. The van der Waals surface area contributed by atoms with Gasteiger partial charge in [-0.25, -0.2) is 0 Å². The first kappa shape index (κ1) is 27.0. The van der Waals surface area contributed by atoms with E-state index in [4.69, 9.17) is 9.47 Å². The van der Waals surface area contributed by atoms with Gasteiger partial charge in [-0.3, -0.25) is 4.99 Å². The van der Waals surface area contributed by atoms with Gasteiger partial charge in [0.05, 0.1) is 6.61 Å².